The average molecular weight is 209 g/mol. The van der Waals surface area contributed by atoms with Gasteiger partial charge in [-0.2, -0.15) is 0 Å². The van der Waals surface area contributed by atoms with Gasteiger partial charge in [0.05, 0.1) is 13.7 Å². The first-order valence-electron chi connectivity index (χ1n) is 5.17. The molecule has 0 atom stereocenters. The lowest BCUT2D eigenvalue weighted by Crippen LogP contribution is -2.04. The minimum atomic E-state index is 0.622. The molecule has 0 bridgehead atoms. The van der Waals surface area contributed by atoms with Crippen LogP contribution in [0.1, 0.15) is 17.5 Å². The minimum Gasteiger partial charge on any atom is -0.496 e. The van der Waals surface area contributed by atoms with Gasteiger partial charge in [-0.1, -0.05) is 12.1 Å². The second-order valence-corrected chi connectivity index (χ2v) is 3.42. The maximum absolute atomic E-state index is 5.52. The Morgan fingerprint density at radius 3 is 2.67 bits per heavy atom. The van der Waals surface area contributed by atoms with Gasteiger partial charge >= 0.3 is 0 Å². The minimum absolute atomic E-state index is 0.622. The van der Waals surface area contributed by atoms with E-state index in [9.17, 15) is 0 Å². The van der Waals surface area contributed by atoms with Crippen LogP contribution in [0, 0.1) is 0 Å². The lowest BCUT2D eigenvalue weighted by atomic mass is 10.0. The molecule has 2 N–H and O–H groups in total. The van der Waals surface area contributed by atoms with E-state index in [0.29, 0.717) is 13.2 Å². The molecule has 3 nitrogen and oxygen atoms in total. The molecule has 1 aromatic rings. The summed E-state index contributed by atoms with van der Waals surface area (Å²) in [6.07, 6.45) is 1.91. The Morgan fingerprint density at radius 2 is 2.07 bits per heavy atom. The van der Waals surface area contributed by atoms with Gasteiger partial charge in [0.1, 0.15) is 5.75 Å². The Morgan fingerprint density at radius 1 is 1.27 bits per heavy atom. The van der Waals surface area contributed by atoms with E-state index >= 15 is 0 Å². The Balaban J connectivity index is 2.92. The summed E-state index contributed by atoms with van der Waals surface area (Å²) in [4.78, 5) is 0. The van der Waals surface area contributed by atoms with Crippen molar-refractivity contribution in [1.29, 1.82) is 0 Å². The van der Waals surface area contributed by atoms with Crippen LogP contribution in [-0.4, -0.2) is 20.8 Å². The van der Waals surface area contributed by atoms with Gasteiger partial charge in [-0.05, 0) is 36.6 Å². The smallest absolute Gasteiger partial charge is 0.122 e. The number of hydrogen-bond donors (Lipinski definition) is 1. The highest BCUT2D eigenvalue weighted by molar-refractivity contribution is 5.40. The van der Waals surface area contributed by atoms with E-state index in [1.165, 1.54) is 11.1 Å². The molecule has 0 fully saturated rings. The van der Waals surface area contributed by atoms with Crippen LogP contribution in [0.3, 0.4) is 0 Å². The highest BCUT2D eigenvalue weighted by Crippen LogP contribution is 2.24. The van der Waals surface area contributed by atoms with Crippen LogP contribution in [-0.2, 0) is 17.8 Å². The van der Waals surface area contributed by atoms with Crippen molar-refractivity contribution in [3.05, 3.63) is 29.3 Å². The highest BCUT2D eigenvalue weighted by Gasteiger charge is 2.07. The molecule has 15 heavy (non-hydrogen) atoms. The second kappa shape index (κ2) is 6.43. The van der Waals surface area contributed by atoms with Crippen LogP contribution in [0.5, 0.6) is 5.75 Å². The van der Waals surface area contributed by atoms with Gasteiger partial charge in [-0.15, -0.1) is 0 Å². The molecule has 0 amide bonds. The molecule has 1 aromatic carbocycles. The van der Waals surface area contributed by atoms with E-state index in [1.807, 2.05) is 12.1 Å². The monoisotopic (exact) mass is 209 g/mol. The molecule has 3 heteroatoms. The summed E-state index contributed by atoms with van der Waals surface area (Å²) in [6, 6.07) is 6.03. The lowest BCUT2D eigenvalue weighted by molar-refractivity contribution is 0.183. The van der Waals surface area contributed by atoms with Crippen molar-refractivity contribution in [2.24, 2.45) is 5.73 Å². The van der Waals surface area contributed by atoms with Crippen LogP contribution in [0.2, 0.25) is 0 Å². The summed E-state index contributed by atoms with van der Waals surface area (Å²) in [6.45, 7) is 1.32. The van der Waals surface area contributed by atoms with Crippen LogP contribution < -0.4 is 10.5 Å². The van der Waals surface area contributed by atoms with E-state index in [4.69, 9.17) is 15.2 Å². The molecule has 0 aliphatic rings. The van der Waals surface area contributed by atoms with Gasteiger partial charge in [-0.3, -0.25) is 0 Å². The molecule has 0 unspecified atom stereocenters. The van der Waals surface area contributed by atoms with Crippen LogP contribution >= 0.6 is 0 Å². The molecular weight excluding hydrogens is 190 g/mol. The molecule has 0 heterocycles. The zero-order valence-electron chi connectivity index (χ0n) is 9.45. The summed E-state index contributed by atoms with van der Waals surface area (Å²) < 4.78 is 10.5. The van der Waals surface area contributed by atoms with Crippen molar-refractivity contribution < 1.29 is 9.47 Å². The molecule has 0 saturated heterocycles. The van der Waals surface area contributed by atoms with E-state index in [-0.39, 0.29) is 0 Å². The summed E-state index contributed by atoms with van der Waals surface area (Å²) in [7, 11) is 3.39. The van der Waals surface area contributed by atoms with Crippen molar-refractivity contribution in [2.75, 3.05) is 20.8 Å². The molecule has 0 spiro atoms. The third kappa shape index (κ3) is 3.22. The molecular formula is C12H19NO2. The molecule has 0 saturated carbocycles. The van der Waals surface area contributed by atoms with Crippen molar-refractivity contribution in [3.63, 3.8) is 0 Å². The average Bonchev–Trinajstić information content (AvgIpc) is 2.27. The van der Waals surface area contributed by atoms with Crippen molar-refractivity contribution >= 4 is 0 Å². The first-order valence-corrected chi connectivity index (χ1v) is 5.17. The van der Waals surface area contributed by atoms with Gasteiger partial charge in [0.25, 0.3) is 0 Å². The van der Waals surface area contributed by atoms with Gasteiger partial charge in [0.15, 0.2) is 0 Å². The standard InChI is InChI=1S/C12H19NO2/c1-14-9-10-5-3-7-12(15-2)11(10)6-4-8-13/h3,5,7H,4,6,8-9,13H2,1-2H3. The summed E-state index contributed by atoms with van der Waals surface area (Å²) >= 11 is 0. The van der Waals surface area contributed by atoms with Crippen LogP contribution in [0.15, 0.2) is 18.2 Å². The SMILES string of the molecule is COCc1cccc(OC)c1CCCN. The normalized spacial score (nSPS) is 10.3. The fourth-order valence-corrected chi connectivity index (χ4v) is 1.66. The fourth-order valence-electron chi connectivity index (χ4n) is 1.66. The molecule has 0 aliphatic carbocycles. The maximum atomic E-state index is 5.52. The van der Waals surface area contributed by atoms with Gasteiger partial charge in [0.2, 0.25) is 0 Å². The summed E-state index contributed by atoms with van der Waals surface area (Å²) in [5, 5.41) is 0. The zero-order valence-corrected chi connectivity index (χ0v) is 9.45. The first kappa shape index (κ1) is 12.0. The zero-order chi connectivity index (χ0) is 11.1. The van der Waals surface area contributed by atoms with Crippen LogP contribution in [0.4, 0.5) is 0 Å². The third-order valence-corrected chi connectivity index (χ3v) is 2.38. The topological polar surface area (TPSA) is 44.5 Å². The van der Waals surface area contributed by atoms with E-state index < -0.39 is 0 Å². The van der Waals surface area contributed by atoms with Crippen molar-refractivity contribution in [1.82, 2.24) is 0 Å². The third-order valence-electron chi connectivity index (χ3n) is 2.38. The molecule has 84 valence electrons. The Kier molecular flexibility index (Phi) is 5.15. The summed E-state index contributed by atoms with van der Waals surface area (Å²) in [5.41, 5.74) is 7.92. The Hall–Kier alpha value is -1.06. The van der Waals surface area contributed by atoms with Crippen molar-refractivity contribution in [3.8, 4) is 5.75 Å². The number of hydrogen-bond acceptors (Lipinski definition) is 3. The maximum Gasteiger partial charge on any atom is 0.122 e. The Bertz CT molecular complexity index is 300. The van der Waals surface area contributed by atoms with E-state index in [1.54, 1.807) is 14.2 Å². The highest BCUT2D eigenvalue weighted by atomic mass is 16.5. The molecule has 0 aliphatic heterocycles. The summed E-state index contributed by atoms with van der Waals surface area (Å²) in [5.74, 6) is 0.929. The van der Waals surface area contributed by atoms with E-state index in [2.05, 4.69) is 6.07 Å². The van der Waals surface area contributed by atoms with Crippen molar-refractivity contribution in [2.45, 2.75) is 19.4 Å². The van der Waals surface area contributed by atoms with Gasteiger partial charge < -0.3 is 15.2 Å². The molecule has 0 aromatic heterocycles. The number of nitrogens with two attached hydrogens (primary N) is 1. The predicted molar refractivity (Wildman–Crippen MR) is 61.1 cm³/mol. The number of methoxy groups -OCH3 is 2. The van der Waals surface area contributed by atoms with Crippen LogP contribution in [0.25, 0.3) is 0 Å². The number of benzene rings is 1. The number of ether oxygens (including phenoxy) is 2. The lowest BCUT2D eigenvalue weighted by Gasteiger charge is -2.12. The second-order valence-electron chi connectivity index (χ2n) is 3.42. The quantitative estimate of drug-likeness (QED) is 0.776. The number of rotatable bonds is 6. The fraction of sp³-hybridized carbons (Fsp3) is 0.500. The predicted octanol–water partition coefficient (Wildman–Crippen LogP) is 1.73. The molecule has 0 radical (unpaired) electrons. The van der Waals surface area contributed by atoms with Gasteiger partial charge in [0, 0.05) is 7.11 Å². The van der Waals surface area contributed by atoms with E-state index in [0.717, 1.165) is 18.6 Å². The Labute approximate surface area is 91.2 Å². The first-order chi connectivity index (χ1) is 7.33. The van der Waals surface area contributed by atoms with Gasteiger partial charge in [-0.25, -0.2) is 0 Å². The largest absolute Gasteiger partial charge is 0.496 e. The molecule has 1 rings (SSSR count).